The zero-order valence-corrected chi connectivity index (χ0v) is 20.5. The van der Waals surface area contributed by atoms with Crippen LogP contribution in [0.3, 0.4) is 0 Å². The molecule has 2 N–H and O–H groups in total. The molecule has 3 aromatic rings. The van der Waals surface area contributed by atoms with E-state index in [9.17, 15) is 0 Å². The number of aliphatic imine (C=N–C) groups is 1. The van der Waals surface area contributed by atoms with E-state index in [-0.39, 0.29) is 24.0 Å². The minimum absolute atomic E-state index is 0. The number of guanidine groups is 1. The third kappa shape index (κ3) is 8.23. The fourth-order valence-corrected chi connectivity index (χ4v) is 3.10. The summed E-state index contributed by atoms with van der Waals surface area (Å²) in [4.78, 5) is 6.91. The average molecular weight is 537 g/mol. The van der Waals surface area contributed by atoms with Gasteiger partial charge in [-0.25, -0.2) is 4.99 Å². The maximum absolute atomic E-state index is 5.39. The molecular formula is C22H32IN7O. The Morgan fingerprint density at radius 3 is 2.68 bits per heavy atom. The molecule has 0 bridgehead atoms. The van der Waals surface area contributed by atoms with Crippen molar-refractivity contribution in [2.75, 3.05) is 31.6 Å². The normalized spacial score (nSPS) is 11.1. The lowest BCUT2D eigenvalue weighted by Crippen LogP contribution is -2.40. The van der Waals surface area contributed by atoms with Crippen LogP contribution in [0.1, 0.15) is 24.9 Å². The van der Waals surface area contributed by atoms with Crippen LogP contribution in [0.15, 0.2) is 64.5 Å². The first-order chi connectivity index (χ1) is 14.8. The molecule has 0 fully saturated rings. The molecule has 0 aliphatic heterocycles. The van der Waals surface area contributed by atoms with Crippen LogP contribution in [-0.4, -0.2) is 47.4 Å². The van der Waals surface area contributed by atoms with Gasteiger partial charge in [0.15, 0.2) is 5.96 Å². The van der Waals surface area contributed by atoms with Gasteiger partial charge in [0.1, 0.15) is 24.5 Å². The predicted molar refractivity (Wildman–Crippen MR) is 135 cm³/mol. The van der Waals surface area contributed by atoms with Gasteiger partial charge in [-0.1, -0.05) is 25.1 Å². The minimum atomic E-state index is 0. The molecule has 0 aliphatic carbocycles. The van der Waals surface area contributed by atoms with Crippen molar-refractivity contribution >= 4 is 35.6 Å². The van der Waals surface area contributed by atoms with Gasteiger partial charge in [-0.2, -0.15) is 0 Å². The van der Waals surface area contributed by atoms with E-state index in [2.05, 4.69) is 73.5 Å². The Bertz CT molecular complexity index is 880. The zero-order valence-electron chi connectivity index (χ0n) is 18.2. The third-order valence-corrected chi connectivity index (χ3v) is 4.79. The average Bonchev–Trinajstić information content (AvgIpc) is 3.46. The van der Waals surface area contributed by atoms with Crippen molar-refractivity contribution < 1.29 is 4.42 Å². The van der Waals surface area contributed by atoms with Crippen molar-refractivity contribution in [2.24, 2.45) is 4.99 Å². The van der Waals surface area contributed by atoms with Crippen molar-refractivity contribution in [1.82, 2.24) is 25.4 Å². The lowest BCUT2D eigenvalue weighted by molar-refractivity contribution is 0.511. The van der Waals surface area contributed by atoms with E-state index < -0.39 is 0 Å². The van der Waals surface area contributed by atoms with Gasteiger partial charge >= 0.3 is 0 Å². The molecule has 0 saturated heterocycles. The number of nitrogens with zero attached hydrogens (tertiary/aromatic N) is 5. The molecule has 8 nitrogen and oxygen atoms in total. The molecule has 31 heavy (non-hydrogen) atoms. The SMILES string of the molecule is CCc1nncn1CCNC(=NCc1ccco1)NCCCN(C)c1ccccc1.I. The van der Waals surface area contributed by atoms with Crippen LogP contribution in [0.25, 0.3) is 0 Å². The van der Waals surface area contributed by atoms with Gasteiger partial charge in [-0.05, 0) is 30.7 Å². The van der Waals surface area contributed by atoms with Gasteiger partial charge < -0.3 is 24.5 Å². The first-order valence-corrected chi connectivity index (χ1v) is 10.4. The Balaban J connectivity index is 0.00000341. The number of aryl methyl sites for hydroxylation is 1. The second-order valence-electron chi connectivity index (χ2n) is 7.00. The standard InChI is InChI=1S/C22H31N7O.HI/c1-3-21-27-26-18-29(21)15-13-24-22(25-17-20-11-7-16-30-20)23-12-8-14-28(2)19-9-5-4-6-10-19;/h4-7,9-11,16,18H,3,8,12-15,17H2,1-2H3,(H2,23,24,25);1H. The Kier molecular flexibility index (Phi) is 10.9. The molecule has 2 aromatic heterocycles. The summed E-state index contributed by atoms with van der Waals surface area (Å²) in [6, 6.07) is 14.2. The van der Waals surface area contributed by atoms with Crippen molar-refractivity contribution in [3.63, 3.8) is 0 Å². The molecule has 0 spiro atoms. The zero-order chi connectivity index (χ0) is 21.0. The first kappa shape index (κ1) is 24.7. The van der Waals surface area contributed by atoms with Crippen LogP contribution in [0.5, 0.6) is 0 Å². The van der Waals surface area contributed by atoms with Crippen LogP contribution >= 0.6 is 24.0 Å². The molecule has 0 unspecified atom stereocenters. The Morgan fingerprint density at radius 1 is 1.13 bits per heavy atom. The molecule has 0 atom stereocenters. The summed E-state index contributed by atoms with van der Waals surface area (Å²) in [5.41, 5.74) is 1.23. The molecule has 0 aliphatic rings. The highest BCUT2D eigenvalue weighted by atomic mass is 127. The van der Waals surface area contributed by atoms with Gasteiger partial charge in [-0.15, -0.1) is 34.2 Å². The van der Waals surface area contributed by atoms with E-state index in [0.717, 1.165) is 56.6 Å². The quantitative estimate of drug-likeness (QED) is 0.169. The Hall–Kier alpha value is -2.56. The van der Waals surface area contributed by atoms with Crippen molar-refractivity contribution in [1.29, 1.82) is 0 Å². The van der Waals surface area contributed by atoms with Crippen LogP contribution in [0.2, 0.25) is 0 Å². The number of rotatable bonds is 11. The highest BCUT2D eigenvalue weighted by molar-refractivity contribution is 14.0. The number of aromatic nitrogens is 3. The summed E-state index contributed by atoms with van der Waals surface area (Å²) in [5, 5.41) is 14.9. The van der Waals surface area contributed by atoms with Gasteiger partial charge in [-0.3, -0.25) is 0 Å². The van der Waals surface area contributed by atoms with Crippen LogP contribution in [0.4, 0.5) is 5.69 Å². The molecule has 2 heterocycles. The fourth-order valence-electron chi connectivity index (χ4n) is 3.10. The molecule has 168 valence electrons. The second-order valence-corrected chi connectivity index (χ2v) is 7.00. The molecule has 9 heteroatoms. The monoisotopic (exact) mass is 537 g/mol. The van der Waals surface area contributed by atoms with E-state index in [4.69, 9.17) is 4.42 Å². The van der Waals surface area contributed by atoms with E-state index in [1.54, 1.807) is 12.6 Å². The van der Waals surface area contributed by atoms with Gasteiger partial charge in [0.25, 0.3) is 0 Å². The van der Waals surface area contributed by atoms with E-state index in [1.807, 2.05) is 18.2 Å². The van der Waals surface area contributed by atoms with Crippen LogP contribution < -0.4 is 15.5 Å². The maximum atomic E-state index is 5.39. The lowest BCUT2D eigenvalue weighted by Gasteiger charge is -2.20. The van der Waals surface area contributed by atoms with Gasteiger partial charge in [0, 0.05) is 45.3 Å². The largest absolute Gasteiger partial charge is 0.467 e. The number of nitrogens with one attached hydrogen (secondary N) is 2. The maximum Gasteiger partial charge on any atom is 0.191 e. The number of hydrogen-bond acceptors (Lipinski definition) is 5. The molecule has 3 rings (SSSR count). The third-order valence-electron chi connectivity index (χ3n) is 4.79. The summed E-state index contributed by atoms with van der Waals surface area (Å²) in [5.74, 6) is 2.61. The highest BCUT2D eigenvalue weighted by Crippen LogP contribution is 2.10. The van der Waals surface area contributed by atoms with Gasteiger partial charge in [0.2, 0.25) is 0 Å². The lowest BCUT2D eigenvalue weighted by atomic mass is 10.3. The van der Waals surface area contributed by atoms with E-state index in [0.29, 0.717) is 6.54 Å². The predicted octanol–water partition coefficient (Wildman–Crippen LogP) is 3.31. The van der Waals surface area contributed by atoms with Gasteiger partial charge in [0.05, 0.1) is 6.26 Å². The molecule has 1 aromatic carbocycles. The highest BCUT2D eigenvalue weighted by Gasteiger charge is 2.04. The summed E-state index contributed by atoms with van der Waals surface area (Å²) in [6.07, 6.45) is 5.31. The Morgan fingerprint density at radius 2 is 1.94 bits per heavy atom. The molecule has 0 radical (unpaired) electrons. The fraction of sp³-hybridized carbons (Fsp3) is 0.409. The van der Waals surface area contributed by atoms with Crippen molar-refractivity contribution in [3.05, 3.63) is 66.6 Å². The number of hydrogen-bond donors (Lipinski definition) is 2. The summed E-state index contributed by atoms with van der Waals surface area (Å²) >= 11 is 0. The summed E-state index contributed by atoms with van der Waals surface area (Å²) in [7, 11) is 2.12. The number of para-hydroxylation sites is 1. The topological polar surface area (TPSA) is 83.5 Å². The molecular weight excluding hydrogens is 505 g/mol. The molecule has 0 amide bonds. The van der Waals surface area contributed by atoms with Crippen LogP contribution in [-0.2, 0) is 19.5 Å². The number of halogens is 1. The van der Waals surface area contributed by atoms with Crippen molar-refractivity contribution in [2.45, 2.75) is 32.9 Å². The van der Waals surface area contributed by atoms with E-state index in [1.165, 1.54) is 5.69 Å². The van der Waals surface area contributed by atoms with Crippen molar-refractivity contribution in [3.8, 4) is 0 Å². The number of benzene rings is 1. The second kappa shape index (κ2) is 13.7. The van der Waals surface area contributed by atoms with E-state index >= 15 is 0 Å². The smallest absolute Gasteiger partial charge is 0.191 e. The first-order valence-electron chi connectivity index (χ1n) is 10.4. The number of anilines is 1. The summed E-state index contributed by atoms with van der Waals surface area (Å²) in [6.45, 7) is 5.89. The van der Waals surface area contributed by atoms with Crippen LogP contribution in [0, 0.1) is 0 Å². The summed E-state index contributed by atoms with van der Waals surface area (Å²) < 4.78 is 7.46. The number of furan rings is 1. The minimum Gasteiger partial charge on any atom is -0.467 e. The Labute approximate surface area is 201 Å². The molecule has 0 saturated carbocycles.